The number of ketones is 1. The predicted molar refractivity (Wildman–Crippen MR) is 101 cm³/mol. The number of nitrogens with zero attached hydrogens (tertiary/aromatic N) is 2. The molecular formula is C20H17N3OS. The SMILES string of the molecule is CC(=O)c1ccc(C)c(C#Cc2csc3c(NC4CC4)ncnc23)c1. The second-order valence-electron chi connectivity index (χ2n) is 6.30. The Labute approximate surface area is 150 Å². The lowest BCUT2D eigenvalue weighted by Gasteiger charge is -2.03. The van der Waals surface area contributed by atoms with Gasteiger partial charge < -0.3 is 5.32 Å². The minimum absolute atomic E-state index is 0.0487. The van der Waals surface area contributed by atoms with Gasteiger partial charge in [0.15, 0.2) is 5.78 Å². The first kappa shape index (κ1) is 15.8. The molecule has 0 aliphatic heterocycles. The lowest BCUT2D eigenvalue weighted by molar-refractivity contribution is 0.101. The molecule has 0 unspecified atom stereocenters. The summed E-state index contributed by atoms with van der Waals surface area (Å²) in [5.74, 6) is 7.37. The van der Waals surface area contributed by atoms with Crippen molar-refractivity contribution in [2.45, 2.75) is 32.7 Å². The second-order valence-corrected chi connectivity index (χ2v) is 7.18. The van der Waals surface area contributed by atoms with Crippen LogP contribution in [-0.2, 0) is 0 Å². The van der Waals surface area contributed by atoms with Crippen molar-refractivity contribution < 1.29 is 4.79 Å². The highest BCUT2D eigenvalue weighted by molar-refractivity contribution is 7.18. The van der Waals surface area contributed by atoms with Crippen molar-refractivity contribution in [3.63, 3.8) is 0 Å². The number of thiophene rings is 1. The fourth-order valence-corrected chi connectivity index (χ4v) is 3.48. The standard InChI is InChI=1S/C20H17N3OS/c1-12-3-4-15(13(2)24)9-14(12)5-6-16-10-25-19-18(16)21-11-22-20(19)23-17-7-8-17/h3-4,9-11,17H,7-8H2,1-2H3,(H,21,22,23). The van der Waals surface area contributed by atoms with Gasteiger partial charge in [0.25, 0.3) is 0 Å². The summed E-state index contributed by atoms with van der Waals surface area (Å²) in [7, 11) is 0. The molecule has 5 heteroatoms. The Morgan fingerprint density at radius 2 is 2.04 bits per heavy atom. The highest BCUT2D eigenvalue weighted by atomic mass is 32.1. The Kier molecular flexibility index (Phi) is 3.98. The highest BCUT2D eigenvalue weighted by Crippen LogP contribution is 2.32. The molecule has 1 aliphatic carbocycles. The Morgan fingerprint density at radius 1 is 1.24 bits per heavy atom. The van der Waals surface area contributed by atoms with Gasteiger partial charge in [-0.1, -0.05) is 24.0 Å². The molecule has 4 rings (SSSR count). The lowest BCUT2D eigenvalue weighted by Crippen LogP contribution is -2.03. The number of nitrogens with one attached hydrogen (secondary N) is 1. The fraction of sp³-hybridized carbons (Fsp3) is 0.250. The molecule has 2 heterocycles. The molecule has 1 aromatic carbocycles. The third-order valence-corrected chi connectivity index (χ3v) is 5.22. The first-order chi connectivity index (χ1) is 12.1. The van der Waals surface area contributed by atoms with E-state index in [4.69, 9.17) is 0 Å². The monoisotopic (exact) mass is 347 g/mol. The third kappa shape index (κ3) is 3.26. The van der Waals surface area contributed by atoms with Crippen molar-refractivity contribution in [1.82, 2.24) is 9.97 Å². The normalized spacial score (nSPS) is 13.4. The van der Waals surface area contributed by atoms with E-state index in [0.29, 0.717) is 11.6 Å². The van der Waals surface area contributed by atoms with E-state index in [1.807, 2.05) is 30.5 Å². The van der Waals surface area contributed by atoms with Gasteiger partial charge in [-0.15, -0.1) is 11.3 Å². The van der Waals surface area contributed by atoms with Crippen LogP contribution in [0.15, 0.2) is 29.9 Å². The Bertz CT molecular complexity index is 1040. The maximum atomic E-state index is 11.6. The van der Waals surface area contributed by atoms with Crippen LogP contribution in [-0.4, -0.2) is 21.8 Å². The average Bonchev–Trinajstić information content (AvgIpc) is 3.31. The van der Waals surface area contributed by atoms with Crippen molar-refractivity contribution in [3.8, 4) is 11.8 Å². The van der Waals surface area contributed by atoms with E-state index in [-0.39, 0.29) is 5.78 Å². The highest BCUT2D eigenvalue weighted by Gasteiger charge is 2.22. The van der Waals surface area contributed by atoms with E-state index in [9.17, 15) is 4.79 Å². The molecule has 25 heavy (non-hydrogen) atoms. The molecule has 124 valence electrons. The maximum absolute atomic E-state index is 11.6. The molecule has 3 aromatic rings. The number of anilines is 1. The lowest BCUT2D eigenvalue weighted by atomic mass is 10.0. The van der Waals surface area contributed by atoms with Crippen molar-refractivity contribution in [2.24, 2.45) is 0 Å². The summed E-state index contributed by atoms with van der Waals surface area (Å²) < 4.78 is 1.05. The number of benzene rings is 1. The van der Waals surface area contributed by atoms with Crippen LogP contribution in [0.4, 0.5) is 5.82 Å². The smallest absolute Gasteiger partial charge is 0.159 e. The van der Waals surface area contributed by atoms with Crippen molar-refractivity contribution in [1.29, 1.82) is 0 Å². The summed E-state index contributed by atoms with van der Waals surface area (Å²) >= 11 is 1.61. The zero-order chi connectivity index (χ0) is 17.4. The van der Waals surface area contributed by atoms with E-state index in [1.165, 1.54) is 12.8 Å². The largest absolute Gasteiger partial charge is 0.366 e. The number of carbonyl (C=O) groups is 1. The zero-order valence-corrected chi connectivity index (χ0v) is 14.9. The van der Waals surface area contributed by atoms with E-state index in [1.54, 1.807) is 24.6 Å². The van der Waals surface area contributed by atoms with Gasteiger partial charge in [0.2, 0.25) is 0 Å². The van der Waals surface area contributed by atoms with Gasteiger partial charge in [-0.3, -0.25) is 4.79 Å². The fourth-order valence-electron chi connectivity index (χ4n) is 2.57. The summed E-state index contributed by atoms with van der Waals surface area (Å²) in [5, 5.41) is 5.47. The quantitative estimate of drug-likeness (QED) is 0.570. The number of aryl methyl sites for hydroxylation is 1. The Morgan fingerprint density at radius 3 is 2.80 bits per heavy atom. The molecule has 1 aliphatic rings. The van der Waals surface area contributed by atoms with E-state index < -0.39 is 0 Å². The van der Waals surface area contributed by atoms with Gasteiger partial charge in [-0.2, -0.15) is 0 Å². The minimum Gasteiger partial charge on any atom is -0.366 e. The Hall–Kier alpha value is -2.71. The van der Waals surface area contributed by atoms with Crippen LogP contribution >= 0.6 is 11.3 Å². The van der Waals surface area contributed by atoms with Crippen LogP contribution in [0.1, 0.15) is 46.8 Å². The van der Waals surface area contributed by atoms with Gasteiger partial charge in [-0.05, 0) is 38.3 Å². The summed E-state index contributed by atoms with van der Waals surface area (Å²) in [6.45, 7) is 3.57. The molecule has 0 saturated heterocycles. The van der Waals surface area contributed by atoms with Crippen LogP contribution in [0.2, 0.25) is 0 Å². The van der Waals surface area contributed by atoms with Crippen LogP contribution in [0.3, 0.4) is 0 Å². The predicted octanol–water partition coefficient (Wildman–Crippen LogP) is 4.18. The van der Waals surface area contributed by atoms with Crippen molar-refractivity contribution >= 4 is 33.2 Å². The topological polar surface area (TPSA) is 54.9 Å². The molecule has 1 saturated carbocycles. The molecular weight excluding hydrogens is 330 g/mol. The minimum atomic E-state index is 0.0487. The van der Waals surface area contributed by atoms with E-state index in [2.05, 4.69) is 27.1 Å². The number of rotatable bonds is 3. The molecule has 2 aromatic heterocycles. The number of hydrogen-bond donors (Lipinski definition) is 1. The maximum Gasteiger partial charge on any atom is 0.159 e. The number of fused-ring (bicyclic) bond motifs is 1. The van der Waals surface area contributed by atoms with Crippen LogP contribution in [0.5, 0.6) is 0 Å². The van der Waals surface area contributed by atoms with Gasteiger partial charge in [-0.25, -0.2) is 9.97 Å². The van der Waals surface area contributed by atoms with Gasteiger partial charge in [0, 0.05) is 22.5 Å². The second kappa shape index (κ2) is 6.30. The van der Waals surface area contributed by atoms with Crippen molar-refractivity contribution in [2.75, 3.05) is 5.32 Å². The zero-order valence-electron chi connectivity index (χ0n) is 14.1. The van der Waals surface area contributed by atoms with E-state index in [0.717, 1.165) is 32.7 Å². The number of hydrogen-bond acceptors (Lipinski definition) is 5. The Balaban J connectivity index is 1.71. The van der Waals surface area contributed by atoms with Gasteiger partial charge in [0.05, 0.1) is 10.3 Å². The molecule has 4 nitrogen and oxygen atoms in total. The molecule has 0 amide bonds. The number of aromatic nitrogens is 2. The third-order valence-electron chi connectivity index (χ3n) is 4.25. The van der Waals surface area contributed by atoms with Gasteiger partial charge >= 0.3 is 0 Å². The molecule has 0 spiro atoms. The molecule has 1 fully saturated rings. The summed E-state index contributed by atoms with van der Waals surface area (Å²) in [6.07, 6.45) is 4.00. The summed E-state index contributed by atoms with van der Waals surface area (Å²) in [4.78, 5) is 20.4. The first-order valence-corrected chi connectivity index (χ1v) is 9.12. The average molecular weight is 347 g/mol. The number of Topliss-reactive ketones (excluding diaryl/α,β-unsaturated/α-hetero) is 1. The summed E-state index contributed by atoms with van der Waals surface area (Å²) in [5.41, 5.74) is 4.40. The van der Waals surface area contributed by atoms with Crippen molar-refractivity contribution in [3.05, 3.63) is 52.2 Å². The molecule has 0 bridgehead atoms. The summed E-state index contributed by atoms with van der Waals surface area (Å²) in [6, 6.07) is 6.18. The van der Waals surface area contributed by atoms with Gasteiger partial charge in [0.1, 0.15) is 17.7 Å². The van der Waals surface area contributed by atoms with Crippen LogP contribution in [0, 0.1) is 18.8 Å². The molecule has 1 N–H and O–H groups in total. The van der Waals surface area contributed by atoms with E-state index >= 15 is 0 Å². The molecule has 0 radical (unpaired) electrons. The van der Waals surface area contributed by atoms with Crippen LogP contribution in [0.25, 0.3) is 10.2 Å². The first-order valence-electron chi connectivity index (χ1n) is 8.24. The molecule has 0 atom stereocenters. The number of carbonyl (C=O) groups excluding carboxylic acids is 1. The van der Waals surface area contributed by atoms with Crippen LogP contribution < -0.4 is 5.32 Å².